The van der Waals surface area contributed by atoms with Gasteiger partial charge in [-0.25, -0.2) is 8.42 Å². The molecule has 12 heteroatoms. The molecule has 3 N–H and O–H groups in total. The van der Waals surface area contributed by atoms with Crippen molar-refractivity contribution in [2.75, 3.05) is 18.4 Å². The molecule has 0 radical (unpaired) electrons. The van der Waals surface area contributed by atoms with Gasteiger partial charge in [-0.1, -0.05) is 18.1 Å². The van der Waals surface area contributed by atoms with Gasteiger partial charge in [0.1, 0.15) is 21.8 Å². The quantitative estimate of drug-likeness (QED) is 0.350. The third-order valence-corrected chi connectivity index (χ3v) is 7.50. The van der Waals surface area contributed by atoms with E-state index in [1.165, 1.54) is 7.11 Å². The summed E-state index contributed by atoms with van der Waals surface area (Å²) in [5.41, 5.74) is 9.92. The summed E-state index contributed by atoms with van der Waals surface area (Å²) in [5, 5.41) is 8.93. The lowest BCUT2D eigenvalue weighted by Gasteiger charge is -2.21. The van der Waals surface area contributed by atoms with Crippen molar-refractivity contribution in [1.82, 2.24) is 14.9 Å². The van der Waals surface area contributed by atoms with Crippen LogP contribution in [0.5, 0.6) is 11.5 Å². The number of nitrogens with one attached hydrogen (secondary N) is 1. The highest BCUT2D eigenvalue weighted by Crippen LogP contribution is 2.41. The van der Waals surface area contributed by atoms with E-state index < -0.39 is 10.0 Å². The van der Waals surface area contributed by atoms with E-state index in [0.717, 1.165) is 35.1 Å². The summed E-state index contributed by atoms with van der Waals surface area (Å²) in [6, 6.07) is 6.96. The SMILES string of the molecule is CCc1ccc(OC)c(S(=O)(=O)Nc2noc3cc(Cn4cc(CN)cn4)c4c(c23)OCCC4)c1.Cl. The zero-order chi connectivity index (χ0) is 24.6. The number of rotatable bonds is 8. The molecule has 0 fully saturated rings. The first kappa shape index (κ1) is 25.8. The number of benzene rings is 2. The highest BCUT2D eigenvalue weighted by Gasteiger charge is 2.28. The highest BCUT2D eigenvalue weighted by molar-refractivity contribution is 7.92. The average molecular weight is 534 g/mol. The predicted molar refractivity (Wildman–Crippen MR) is 137 cm³/mol. The van der Waals surface area contributed by atoms with Gasteiger partial charge in [0.25, 0.3) is 10.0 Å². The van der Waals surface area contributed by atoms with Crippen LogP contribution < -0.4 is 19.9 Å². The van der Waals surface area contributed by atoms with Crippen LogP contribution in [0, 0.1) is 0 Å². The number of sulfonamides is 1. The fourth-order valence-electron chi connectivity index (χ4n) is 4.34. The molecule has 0 saturated carbocycles. The van der Waals surface area contributed by atoms with Crippen molar-refractivity contribution in [3.63, 3.8) is 0 Å². The largest absolute Gasteiger partial charge is 0.495 e. The third kappa shape index (κ3) is 4.73. The number of aromatic nitrogens is 3. The molecule has 192 valence electrons. The summed E-state index contributed by atoms with van der Waals surface area (Å²) in [4.78, 5) is 0.0382. The second kappa shape index (κ2) is 10.4. The zero-order valence-corrected chi connectivity index (χ0v) is 21.6. The number of fused-ring (bicyclic) bond motifs is 3. The van der Waals surface area contributed by atoms with Gasteiger partial charge in [-0.15, -0.1) is 12.4 Å². The van der Waals surface area contributed by atoms with E-state index in [0.29, 0.717) is 42.8 Å². The number of hydrogen-bond acceptors (Lipinski definition) is 8. The summed E-state index contributed by atoms with van der Waals surface area (Å²) >= 11 is 0. The monoisotopic (exact) mass is 533 g/mol. The number of aryl methyl sites for hydroxylation is 1. The van der Waals surface area contributed by atoms with Gasteiger partial charge >= 0.3 is 0 Å². The maximum absolute atomic E-state index is 13.4. The molecule has 0 aliphatic carbocycles. The highest BCUT2D eigenvalue weighted by atomic mass is 35.5. The van der Waals surface area contributed by atoms with Crippen LogP contribution in [0.3, 0.4) is 0 Å². The Bertz CT molecular complexity index is 1500. The van der Waals surface area contributed by atoms with Crippen LogP contribution in [0.2, 0.25) is 0 Å². The van der Waals surface area contributed by atoms with E-state index in [1.54, 1.807) is 18.3 Å². The first-order chi connectivity index (χ1) is 16.9. The topological polar surface area (TPSA) is 134 Å². The summed E-state index contributed by atoms with van der Waals surface area (Å²) < 4.78 is 48.0. The Morgan fingerprint density at radius 1 is 1.25 bits per heavy atom. The molecule has 0 atom stereocenters. The second-order valence-electron chi connectivity index (χ2n) is 8.39. The molecular formula is C24H28ClN5O5S. The van der Waals surface area contributed by atoms with Crippen LogP contribution in [0.25, 0.3) is 11.0 Å². The lowest BCUT2D eigenvalue weighted by atomic mass is 9.97. The lowest BCUT2D eigenvalue weighted by molar-refractivity contribution is 0.291. The second-order valence-corrected chi connectivity index (χ2v) is 10.0. The van der Waals surface area contributed by atoms with E-state index in [9.17, 15) is 8.42 Å². The van der Waals surface area contributed by atoms with E-state index in [-0.39, 0.29) is 28.9 Å². The Hall–Kier alpha value is -3.28. The van der Waals surface area contributed by atoms with Crippen molar-refractivity contribution in [1.29, 1.82) is 0 Å². The average Bonchev–Trinajstić information content (AvgIpc) is 3.50. The molecule has 3 heterocycles. The van der Waals surface area contributed by atoms with E-state index >= 15 is 0 Å². The molecule has 5 rings (SSSR count). The van der Waals surface area contributed by atoms with Gasteiger partial charge in [-0.2, -0.15) is 5.10 Å². The Balaban J connectivity index is 0.00000304. The van der Waals surface area contributed by atoms with Gasteiger partial charge < -0.3 is 19.7 Å². The fraction of sp³-hybridized carbons (Fsp3) is 0.333. The lowest BCUT2D eigenvalue weighted by Crippen LogP contribution is -2.16. The molecule has 0 saturated heterocycles. The zero-order valence-electron chi connectivity index (χ0n) is 20.0. The Morgan fingerprint density at radius 3 is 2.81 bits per heavy atom. The molecule has 2 aromatic carbocycles. The number of anilines is 1. The van der Waals surface area contributed by atoms with Gasteiger partial charge in [-0.3, -0.25) is 9.40 Å². The summed E-state index contributed by atoms with van der Waals surface area (Å²) in [7, 11) is -2.58. The van der Waals surface area contributed by atoms with Crippen molar-refractivity contribution in [3.05, 3.63) is 58.9 Å². The molecule has 2 aromatic heterocycles. The number of hydrogen-bond donors (Lipinski definition) is 2. The van der Waals surface area contributed by atoms with E-state index in [1.807, 2.05) is 29.9 Å². The molecule has 36 heavy (non-hydrogen) atoms. The van der Waals surface area contributed by atoms with Crippen molar-refractivity contribution in [2.24, 2.45) is 5.73 Å². The minimum atomic E-state index is -4.01. The van der Waals surface area contributed by atoms with Crippen LogP contribution in [-0.4, -0.2) is 37.1 Å². The number of nitrogens with two attached hydrogens (primary N) is 1. The van der Waals surface area contributed by atoms with Crippen molar-refractivity contribution in [3.8, 4) is 11.5 Å². The Kier molecular flexibility index (Phi) is 7.43. The van der Waals surface area contributed by atoms with Gasteiger partial charge in [0.15, 0.2) is 11.4 Å². The van der Waals surface area contributed by atoms with Crippen LogP contribution in [0.1, 0.15) is 35.6 Å². The Labute approximate surface area is 215 Å². The molecule has 1 aliphatic rings. The van der Waals surface area contributed by atoms with Crippen LogP contribution >= 0.6 is 12.4 Å². The van der Waals surface area contributed by atoms with Crippen LogP contribution in [-0.2, 0) is 36.0 Å². The molecule has 0 bridgehead atoms. The first-order valence-corrected chi connectivity index (χ1v) is 12.9. The fourth-order valence-corrected chi connectivity index (χ4v) is 5.56. The Morgan fingerprint density at radius 2 is 2.08 bits per heavy atom. The molecular weight excluding hydrogens is 506 g/mol. The maximum Gasteiger partial charge on any atom is 0.266 e. The molecule has 0 unspecified atom stereocenters. The molecule has 4 aromatic rings. The normalized spacial score (nSPS) is 13.1. The van der Waals surface area contributed by atoms with Gasteiger partial charge in [0.05, 0.1) is 26.5 Å². The minimum absolute atomic E-state index is 0. The van der Waals surface area contributed by atoms with E-state index in [2.05, 4.69) is 15.0 Å². The minimum Gasteiger partial charge on any atom is -0.495 e. The van der Waals surface area contributed by atoms with Crippen molar-refractivity contribution in [2.45, 2.75) is 44.2 Å². The number of ether oxygens (including phenoxy) is 2. The number of nitrogens with zero attached hydrogens (tertiary/aromatic N) is 3. The third-order valence-electron chi connectivity index (χ3n) is 6.14. The molecule has 1 aliphatic heterocycles. The number of halogens is 1. The van der Waals surface area contributed by atoms with Crippen molar-refractivity contribution >= 4 is 39.2 Å². The van der Waals surface area contributed by atoms with Gasteiger partial charge in [-0.05, 0) is 48.6 Å². The number of methoxy groups -OCH3 is 1. The smallest absolute Gasteiger partial charge is 0.266 e. The first-order valence-electron chi connectivity index (χ1n) is 11.4. The van der Waals surface area contributed by atoms with Gasteiger partial charge in [0, 0.05) is 23.9 Å². The summed E-state index contributed by atoms with van der Waals surface area (Å²) in [6.07, 6.45) is 5.97. The van der Waals surface area contributed by atoms with Gasteiger partial charge in [0.2, 0.25) is 0 Å². The molecule has 10 nitrogen and oxygen atoms in total. The maximum atomic E-state index is 13.4. The van der Waals surface area contributed by atoms with Crippen LogP contribution in [0.4, 0.5) is 5.82 Å². The molecule has 0 spiro atoms. The standard InChI is InChI=1S/C24H27N5O5S.ClH/c1-3-15-6-7-19(32-2)21(9-15)35(30,31)28-24-22-20(34-27-24)10-17(18-5-4-8-33-23(18)22)14-29-13-16(11-25)12-26-29;/h6-7,9-10,12-13H,3-5,8,11,14,25H2,1-2H3,(H,27,28);1H. The summed E-state index contributed by atoms with van der Waals surface area (Å²) in [5.74, 6) is 0.917. The van der Waals surface area contributed by atoms with Crippen LogP contribution in [0.15, 0.2) is 46.1 Å². The van der Waals surface area contributed by atoms with E-state index in [4.69, 9.17) is 19.7 Å². The van der Waals surface area contributed by atoms with Crippen molar-refractivity contribution < 1.29 is 22.4 Å². The predicted octanol–water partition coefficient (Wildman–Crippen LogP) is 3.65. The summed E-state index contributed by atoms with van der Waals surface area (Å²) in [6.45, 7) is 3.40. The molecule has 0 amide bonds.